The van der Waals surface area contributed by atoms with Gasteiger partial charge < -0.3 is 14.7 Å². The number of amides is 1. The van der Waals surface area contributed by atoms with Crippen LogP contribution in [0.4, 0.5) is 0 Å². The number of hydrogen-bond acceptors (Lipinski definition) is 3. The third-order valence-corrected chi connectivity index (χ3v) is 3.38. The number of rotatable bonds is 3. The molecule has 1 aromatic carbocycles. The van der Waals surface area contributed by atoms with Crippen LogP contribution < -0.4 is 4.74 Å². The van der Waals surface area contributed by atoms with Crippen molar-refractivity contribution in [1.82, 2.24) is 4.90 Å². The molecule has 1 heterocycles. The predicted octanol–water partition coefficient (Wildman–Crippen LogP) is 1.28. The minimum atomic E-state index is -0.552. The number of para-hydroxylation sites is 1. The fourth-order valence-electron chi connectivity index (χ4n) is 1.78. The van der Waals surface area contributed by atoms with Gasteiger partial charge in [0.05, 0.1) is 18.2 Å². The molecule has 1 atom stereocenters. The highest BCUT2D eigenvalue weighted by Gasteiger charge is 2.24. The Balaban J connectivity index is 2.20. The molecule has 1 aromatic rings. The van der Waals surface area contributed by atoms with Gasteiger partial charge in [0, 0.05) is 11.9 Å². The Bertz CT molecular complexity index is 410. The van der Waals surface area contributed by atoms with Crippen molar-refractivity contribution in [1.29, 1.82) is 0 Å². The number of hydrogen-bond donors (Lipinski definition) is 1. The van der Waals surface area contributed by atoms with Crippen LogP contribution in [0.15, 0.2) is 24.3 Å². The lowest BCUT2D eigenvalue weighted by atomic mass is 10.1. The molecule has 4 nitrogen and oxygen atoms in total. The average molecular weight is 300 g/mol. The minimum Gasteiger partial charge on any atom is -0.491 e. The Morgan fingerprint density at radius 3 is 3.00 bits per heavy atom. The molecule has 0 fully saturated rings. The van der Waals surface area contributed by atoms with Crippen molar-refractivity contribution < 1.29 is 14.6 Å². The van der Waals surface area contributed by atoms with Gasteiger partial charge in [0.15, 0.2) is 0 Å². The molecule has 2 rings (SSSR count). The summed E-state index contributed by atoms with van der Waals surface area (Å²) in [5.74, 6) is 0.534. The first-order valence-corrected chi connectivity index (χ1v) is 6.59. The number of β-amino-alcohol motifs (C(OH)–C–C–N with tert-alkyl or cyclic N) is 1. The summed E-state index contributed by atoms with van der Waals surface area (Å²) in [7, 11) is 0. The van der Waals surface area contributed by atoms with Crippen LogP contribution in [-0.2, 0) is 0 Å². The van der Waals surface area contributed by atoms with Crippen LogP contribution in [0.1, 0.15) is 10.4 Å². The molecule has 1 unspecified atom stereocenters. The number of ether oxygens (including phenoxy) is 1. The molecule has 0 radical (unpaired) electrons. The molecule has 92 valence electrons. The number of nitrogens with zero attached hydrogens (tertiary/aromatic N) is 1. The van der Waals surface area contributed by atoms with Crippen molar-refractivity contribution in [2.75, 3.05) is 25.0 Å². The Hall–Kier alpha value is -1.07. The van der Waals surface area contributed by atoms with E-state index in [1.54, 1.807) is 17.0 Å². The van der Waals surface area contributed by atoms with E-state index in [0.717, 1.165) is 0 Å². The van der Waals surface area contributed by atoms with Gasteiger partial charge in [0.25, 0.3) is 5.91 Å². The lowest BCUT2D eigenvalue weighted by Crippen LogP contribution is -2.39. The zero-order chi connectivity index (χ0) is 12.3. The lowest BCUT2D eigenvalue weighted by Gasteiger charge is -2.22. The highest BCUT2D eigenvalue weighted by atomic mass is 79.9. The number of halogens is 1. The number of alkyl halides is 1. The third kappa shape index (κ3) is 2.79. The quantitative estimate of drug-likeness (QED) is 0.856. The second kappa shape index (κ2) is 5.51. The summed E-state index contributed by atoms with van der Waals surface area (Å²) in [6.45, 7) is 1.27. The second-order valence-electron chi connectivity index (χ2n) is 3.90. The van der Waals surface area contributed by atoms with Crippen molar-refractivity contribution in [3.05, 3.63) is 29.8 Å². The van der Waals surface area contributed by atoms with Gasteiger partial charge in [-0.25, -0.2) is 0 Å². The topological polar surface area (TPSA) is 49.8 Å². The van der Waals surface area contributed by atoms with E-state index in [1.165, 1.54) is 0 Å². The van der Waals surface area contributed by atoms with Crippen molar-refractivity contribution in [2.45, 2.75) is 6.10 Å². The molecule has 0 aromatic heterocycles. The van der Waals surface area contributed by atoms with Crippen LogP contribution in [0.2, 0.25) is 0 Å². The Kier molecular flexibility index (Phi) is 4.02. The standard InChI is InChI=1S/C12H14BrNO3/c13-7-9(15)8-14-5-6-17-11-4-2-1-3-10(11)12(14)16/h1-4,9,15H,5-8H2. The number of aliphatic hydroxyl groups excluding tert-OH is 1. The summed E-state index contributed by atoms with van der Waals surface area (Å²) in [5, 5.41) is 10.0. The zero-order valence-electron chi connectivity index (χ0n) is 9.30. The predicted molar refractivity (Wildman–Crippen MR) is 67.6 cm³/mol. The third-order valence-electron chi connectivity index (χ3n) is 2.63. The SMILES string of the molecule is O=C1c2ccccc2OCCN1CC(O)CBr. The van der Waals surface area contributed by atoms with E-state index in [0.29, 0.717) is 36.3 Å². The van der Waals surface area contributed by atoms with Crippen LogP contribution in [0, 0.1) is 0 Å². The van der Waals surface area contributed by atoms with Crippen molar-refractivity contribution in [3.8, 4) is 5.75 Å². The van der Waals surface area contributed by atoms with Gasteiger partial charge in [-0.05, 0) is 12.1 Å². The van der Waals surface area contributed by atoms with Gasteiger partial charge in [-0.15, -0.1) is 0 Å². The first kappa shape index (κ1) is 12.4. The summed E-state index contributed by atoms with van der Waals surface area (Å²) < 4.78 is 5.51. The van der Waals surface area contributed by atoms with Gasteiger partial charge in [0.1, 0.15) is 12.4 Å². The molecule has 1 aliphatic rings. The summed E-state index contributed by atoms with van der Waals surface area (Å²) in [5.41, 5.74) is 0.562. The lowest BCUT2D eigenvalue weighted by molar-refractivity contribution is 0.0651. The van der Waals surface area contributed by atoms with Crippen molar-refractivity contribution in [3.63, 3.8) is 0 Å². The van der Waals surface area contributed by atoms with Crippen LogP contribution >= 0.6 is 15.9 Å². The van der Waals surface area contributed by atoms with Crippen LogP contribution in [0.3, 0.4) is 0 Å². The fraction of sp³-hybridized carbons (Fsp3) is 0.417. The van der Waals surface area contributed by atoms with Gasteiger partial charge in [-0.3, -0.25) is 4.79 Å². The van der Waals surface area contributed by atoms with E-state index in [9.17, 15) is 9.90 Å². The van der Waals surface area contributed by atoms with Crippen LogP contribution in [0.25, 0.3) is 0 Å². The van der Waals surface area contributed by atoms with E-state index in [2.05, 4.69) is 15.9 Å². The van der Waals surface area contributed by atoms with Crippen LogP contribution in [-0.4, -0.2) is 47.0 Å². The number of fused-ring (bicyclic) bond motifs is 1. The van der Waals surface area contributed by atoms with E-state index >= 15 is 0 Å². The molecule has 0 spiro atoms. The maximum Gasteiger partial charge on any atom is 0.257 e. The molecule has 0 aliphatic carbocycles. The molecule has 5 heteroatoms. The Labute approximate surface area is 108 Å². The van der Waals surface area contributed by atoms with E-state index in [-0.39, 0.29) is 5.91 Å². The van der Waals surface area contributed by atoms with E-state index in [4.69, 9.17) is 4.74 Å². The van der Waals surface area contributed by atoms with Crippen LogP contribution in [0.5, 0.6) is 5.75 Å². The van der Waals surface area contributed by atoms with E-state index < -0.39 is 6.10 Å². The number of carbonyl (C=O) groups is 1. The minimum absolute atomic E-state index is 0.0851. The Morgan fingerprint density at radius 2 is 2.24 bits per heavy atom. The molecular weight excluding hydrogens is 286 g/mol. The highest BCUT2D eigenvalue weighted by molar-refractivity contribution is 9.09. The molecule has 0 saturated carbocycles. The zero-order valence-corrected chi connectivity index (χ0v) is 10.9. The first-order chi connectivity index (χ1) is 8.22. The van der Waals surface area contributed by atoms with Gasteiger partial charge in [-0.2, -0.15) is 0 Å². The number of carbonyl (C=O) groups excluding carboxylic acids is 1. The molecule has 1 N–H and O–H groups in total. The normalized spacial score (nSPS) is 17.1. The van der Waals surface area contributed by atoms with Gasteiger partial charge in [-0.1, -0.05) is 28.1 Å². The molecule has 17 heavy (non-hydrogen) atoms. The van der Waals surface area contributed by atoms with Gasteiger partial charge in [0.2, 0.25) is 0 Å². The first-order valence-electron chi connectivity index (χ1n) is 5.47. The molecular formula is C12H14BrNO3. The smallest absolute Gasteiger partial charge is 0.257 e. The maximum absolute atomic E-state index is 12.2. The Morgan fingerprint density at radius 1 is 1.47 bits per heavy atom. The summed E-state index contributed by atoms with van der Waals surface area (Å²) in [6, 6.07) is 7.19. The largest absolute Gasteiger partial charge is 0.491 e. The summed E-state index contributed by atoms with van der Waals surface area (Å²) in [4.78, 5) is 13.8. The number of aliphatic hydroxyl groups is 1. The molecule has 0 saturated heterocycles. The fourth-order valence-corrected chi connectivity index (χ4v) is 1.99. The molecule has 1 amide bonds. The van der Waals surface area contributed by atoms with Gasteiger partial charge >= 0.3 is 0 Å². The summed E-state index contributed by atoms with van der Waals surface area (Å²) >= 11 is 3.19. The monoisotopic (exact) mass is 299 g/mol. The molecule has 1 aliphatic heterocycles. The second-order valence-corrected chi connectivity index (χ2v) is 4.55. The summed E-state index contributed by atoms with van der Waals surface area (Å²) in [6.07, 6.45) is -0.552. The maximum atomic E-state index is 12.2. The van der Waals surface area contributed by atoms with Crippen molar-refractivity contribution in [2.24, 2.45) is 0 Å². The average Bonchev–Trinajstić information content (AvgIpc) is 2.51. The van der Waals surface area contributed by atoms with Crippen molar-refractivity contribution >= 4 is 21.8 Å². The molecule has 0 bridgehead atoms. The highest BCUT2D eigenvalue weighted by Crippen LogP contribution is 2.22. The van der Waals surface area contributed by atoms with E-state index in [1.807, 2.05) is 12.1 Å². The number of benzene rings is 1.